The van der Waals surface area contributed by atoms with Gasteiger partial charge in [0.1, 0.15) is 5.56 Å². The number of aromatic carboxylic acids is 1. The van der Waals surface area contributed by atoms with Gasteiger partial charge in [-0.15, -0.1) is 0 Å². The van der Waals surface area contributed by atoms with E-state index in [9.17, 15) is 9.59 Å². The molecule has 6 nitrogen and oxygen atoms in total. The highest BCUT2D eigenvalue weighted by molar-refractivity contribution is 5.86. The molecule has 1 rings (SSSR count). The second-order valence-corrected chi connectivity index (χ2v) is 2.93. The van der Waals surface area contributed by atoms with E-state index in [-0.39, 0.29) is 5.56 Å². The molecule has 0 aliphatic heterocycles. The van der Waals surface area contributed by atoms with Gasteiger partial charge in [-0.05, 0) is 13.8 Å². The number of nitrogens with zero attached hydrogens (tertiary/aromatic N) is 2. The quantitative estimate of drug-likeness (QED) is 0.748. The number of anilines is 1. The lowest BCUT2D eigenvalue weighted by molar-refractivity contribution is 0.0694. The van der Waals surface area contributed by atoms with Crippen LogP contribution in [-0.4, -0.2) is 34.1 Å². The number of rotatable bonds is 4. The Morgan fingerprint density at radius 3 is 2.53 bits per heavy atom. The number of hydrogen-bond donors (Lipinski definition) is 2. The van der Waals surface area contributed by atoms with Crippen molar-refractivity contribution in [1.29, 1.82) is 0 Å². The second kappa shape index (κ2) is 4.59. The molecule has 0 unspecified atom stereocenters. The van der Waals surface area contributed by atoms with Gasteiger partial charge in [0.2, 0.25) is 5.95 Å². The molecule has 0 spiro atoms. The van der Waals surface area contributed by atoms with Crippen molar-refractivity contribution in [1.82, 2.24) is 9.97 Å². The number of carbonyl (C=O) groups is 1. The molecule has 2 N–H and O–H groups in total. The summed E-state index contributed by atoms with van der Waals surface area (Å²) in [5, 5.41) is 8.64. The maximum atomic E-state index is 11.3. The highest BCUT2D eigenvalue weighted by atomic mass is 16.4. The summed E-state index contributed by atoms with van der Waals surface area (Å²) in [5.74, 6) is -0.871. The Bertz CT molecular complexity index is 409. The highest BCUT2D eigenvalue weighted by Crippen LogP contribution is 2.02. The largest absolute Gasteiger partial charge is 0.477 e. The third-order valence-electron chi connectivity index (χ3n) is 2.08. The Labute approximate surface area is 86.6 Å². The van der Waals surface area contributed by atoms with E-state index in [4.69, 9.17) is 5.11 Å². The minimum atomic E-state index is -1.27. The SMILES string of the molecule is CCN(CC)c1ncc(C(=O)O)c(=O)[nH]1. The Balaban J connectivity index is 3.11. The molecular weight excluding hydrogens is 198 g/mol. The zero-order chi connectivity index (χ0) is 11.4. The predicted octanol–water partition coefficient (Wildman–Crippen LogP) is 0.314. The molecule has 0 saturated heterocycles. The molecule has 82 valence electrons. The lowest BCUT2D eigenvalue weighted by Gasteiger charge is -2.18. The molecule has 6 heteroatoms. The Hall–Kier alpha value is -1.85. The summed E-state index contributed by atoms with van der Waals surface area (Å²) in [6.45, 7) is 5.25. The molecule has 0 aliphatic carbocycles. The van der Waals surface area contributed by atoms with Crippen LogP contribution < -0.4 is 10.5 Å². The van der Waals surface area contributed by atoms with E-state index in [1.54, 1.807) is 0 Å². The van der Waals surface area contributed by atoms with Gasteiger partial charge >= 0.3 is 5.97 Å². The zero-order valence-electron chi connectivity index (χ0n) is 8.65. The summed E-state index contributed by atoms with van der Waals surface area (Å²) in [4.78, 5) is 30.0. The number of aromatic amines is 1. The van der Waals surface area contributed by atoms with E-state index in [2.05, 4.69) is 9.97 Å². The molecule has 0 amide bonds. The fourth-order valence-electron chi connectivity index (χ4n) is 1.22. The average Bonchev–Trinajstić information content (AvgIpc) is 2.19. The minimum Gasteiger partial charge on any atom is -0.477 e. The van der Waals surface area contributed by atoms with Gasteiger partial charge in [-0.3, -0.25) is 9.78 Å². The smallest absolute Gasteiger partial charge is 0.342 e. The maximum absolute atomic E-state index is 11.3. The summed E-state index contributed by atoms with van der Waals surface area (Å²) in [5.41, 5.74) is -0.967. The Morgan fingerprint density at radius 2 is 2.13 bits per heavy atom. The van der Waals surface area contributed by atoms with Crippen molar-refractivity contribution < 1.29 is 9.90 Å². The van der Waals surface area contributed by atoms with Crippen LogP contribution in [-0.2, 0) is 0 Å². The highest BCUT2D eigenvalue weighted by Gasteiger charge is 2.11. The van der Waals surface area contributed by atoms with Crippen molar-refractivity contribution in [3.05, 3.63) is 22.1 Å². The zero-order valence-corrected chi connectivity index (χ0v) is 8.65. The van der Waals surface area contributed by atoms with E-state index in [1.165, 1.54) is 0 Å². The molecule has 15 heavy (non-hydrogen) atoms. The fraction of sp³-hybridized carbons (Fsp3) is 0.444. The van der Waals surface area contributed by atoms with Gasteiger partial charge in [0, 0.05) is 13.1 Å². The summed E-state index contributed by atoms with van der Waals surface area (Å²) in [6.07, 6.45) is 1.08. The summed E-state index contributed by atoms with van der Waals surface area (Å²) >= 11 is 0. The van der Waals surface area contributed by atoms with Crippen LogP contribution in [0.15, 0.2) is 11.0 Å². The van der Waals surface area contributed by atoms with Gasteiger partial charge in [0.15, 0.2) is 0 Å². The first kappa shape index (κ1) is 11.2. The number of aromatic nitrogens is 2. The van der Waals surface area contributed by atoms with Gasteiger partial charge in [0.05, 0.1) is 6.20 Å². The molecule has 0 aromatic carbocycles. The first-order valence-electron chi connectivity index (χ1n) is 4.67. The van der Waals surface area contributed by atoms with Crippen LogP contribution in [0.5, 0.6) is 0 Å². The molecule has 0 bridgehead atoms. The van der Waals surface area contributed by atoms with Crippen molar-refractivity contribution in [3.8, 4) is 0 Å². The minimum absolute atomic E-state index is 0.342. The number of carboxylic acids is 1. The summed E-state index contributed by atoms with van der Waals surface area (Å²) in [6, 6.07) is 0. The van der Waals surface area contributed by atoms with Crippen molar-refractivity contribution in [2.45, 2.75) is 13.8 Å². The molecule has 0 fully saturated rings. The van der Waals surface area contributed by atoms with Crippen LogP contribution in [0.1, 0.15) is 24.2 Å². The van der Waals surface area contributed by atoms with Gasteiger partial charge in [0.25, 0.3) is 5.56 Å². The van der Waals surface area contributed by atoms with E-state index >= 15 is 0 Å². The monoisotopic (exact) mass is 211 g/mol. The van der Waals surface area contributed by atoms with Crippen LogP contribution in [0.2, 0.25) is 0 Å². The van der Waals surface area contributed by atoms with Crippen molar-refractivity contribution in [3.63, 3.8) is 0 Å². The van der Waals surface area contributed by atoms with E-state index in [0.29, 0.717) is 19.0 Å². The molecule has 0 aliphatic rings. The normalized spacial score (nSPS) is 10.0. The summed E-state index contributed by atoms with van der Waals surface area (Å²) < 4.78 is 0. The van der Waals surface area contributed by atoms with Crippen LogP contribution in [0, 0.1) is 0 Å². The second-order valence-electron chi connectivity index (χ2n) is 2.93. The van der Waals surface area contributed by atoms with E-state index < -0.39 is 11.5 Å². The van der Waals surface area contributed by atoms with Crippen LogP contribution in [0.25, 0.3) is 0 Å². The third kappa shape index (κ3) is 2.34. The average molecular weight is 211 g/mol. The number of hydrogen-bond acceptors (Lipinski definition) is 4. The summed E-state index contributed by atoms with van der Waals surface area (Å²) in [7, 11) is 0. The van der Waals surface area contributed by atoms with Crippen molar-refractivity contribution in [2.75, 3.05) is 18.0 Å². The fourth-order valence-corrected chi connectivity index (χ4v) is 1.22. The van der Waals surface area contributed by atoms with Gasteiger partial charge in [-0.1, -0.05) is 0 Å². The molecular formula is C9H13N3O3. The molecule has 0 radical (unpaired) electrons. The van der Waals surface area contributed by atoms with Crippen LogP contribution in [0.3, 0.4) is 0 Å². The third-order valence-corrected chi connectivity index (χ3v) is 2.08. The predicted molar refractivity (Wildman–Crippen MR) is 55.4 cm³/mol. The lowest BCUT2D eigenvalue weighted by atomic mass is 10.3. The topological polar surface area (TPSA) is 86.3 Å². The molecule has 0 atom stereocenters. The van der Waals surface area contributed by atoms with Gasteiger partial charge in [-0.2, -0.15) is 0 Å². The maximum Gasteiger partial charge on any atom is 0.342 e. The molecule has 1 aromatic heterocycles. The molecule has 0 saturated carbocycles. The van der Waals surface area contributed by atoms with Crippen molar-refractivity contribution in [2.24, 2.45) is 0 Å². The first-order valence-corrected chi connectivity index (χ1v) is 4.67. The van der Waals surface area contributed by atoms with Gasteiger partial charge < -0.3 is 10.0 Å². The first-order chi connectivity index (χ1) is 7.10. The molecule has 1 heterocycles. The number of carboxylic acid groups (broad SMARTS) is 1. The lowest BCUT2D eigenvalue weighted by Crippen LogP contribution is -2.28. The number of H-pyrrole nitrogens is 1. The Morgan fingerprint density at radius 1 is 1.53 bits per heavy atom. The van der Waals surface area contributed by atoms with Gasteiger partial charge in [-0.25, -0.2) is 9.78 Å². The molecule has 1 aromatic rings. The number of nitrogens with one attached hydrogen (secondary N) is 1. The van der Waals surface area contributed by atoms with E-state index in [0.717, 1.165) is 6.20 Å². The van der Waals surface area contributed by atoms with Crippen LogP contribution >= 0.6 is 0 Å². The van der Waals surface area contributed by atoms with Crippen molar-refractivity contribution >= 4 is 11.9 Å². The Kier molecular flexibility index (Phi) is 3.43. The standard InChI is InChI=1S/C9H13N3O3/c1-3-12(4-2)9-10-5-6(8(14)15)7(13)11-9/h5H,3-4H2,1-2H3,(H,14,15)(H,10,11,13). The van der Waals surface area contributed by atoms with E-state index in [1.807, 2.05) is 18.7 Å². The van der Waals surface area contributed by atoms with Crippen LogP contribution in [0.4, 0.5) is 5.95 Å².